The smallest absolute Gasteiger partial charge is 0.258 e. The fourth-order valence-electron chi connectivity index (χ4n) is 1.78. The lowest BCUT2D eigenvalue weighted by atomic mass is 10.0. The Morgan fingerprint density at radius 1 is 1.44 bits per heavy atom. The molecule has 1 aromatic carbocycles. The van der Waals surface area contributed by atoms with Crippen LogP contribution in [0.5, 0.6) is 0 Å². The highest BCUT2D eigenvalue weighted by Crippen LogP contribution is 2.28. The predicted octanol–water partition coefficient (Wildman–Crippen LogP) is 2.50. The number of carbonyl (C=O) groups excluding carboxylic acids is 1. The molecule has 0 saturated heterocycles. The molecule has 1 aromatic rings. The van der Waals surface area contributed by atoms with Gasteiger partial charge in [-0.15, -0.1) is 0 Å². The van der Waals surface area contributed by atoms with E-state index in [1.165, 1.54) is 4.90 Å². The normalized spacial score (nSPS) is 16.2. The van der Waals surface area contributed by atoms with E-state index in [1.54, 1.807) is 7.05 Å². The molecule has 3 nitrogen and oxygen atoms in total. The second-order valence-corrected chi connectivity index (χ2v) is 4.80. The fourth-order valence-corrected chi connectivity index (χ4v) is 2.03. The number of rotatable bonds is 1. The third-order valence-electron chi connectivity index (χ3n) is 2.68. The summed E-state index contributed by atoms with van der Waals surface area (Å²) in [6.45, 7) is 2.25. The number of benzene rings is 1. The average molecular weight is 282 g/mol. The van der Waals surface area contributed by atoms with Gasteiger partial charge in [-0.2, -0.15) is 0 Å². The maximum atomic E-state index is 11.8. The number of halogens is 1. The summed E-state index contributed by atoms with van der Waals surface area (Å²) in [6, 6.07) is 5.61. The lowest BCUT2D eigenvalue weighted by Gasteiger charge is -2.08. The van der Waals surface area contributed by atoms with Gasteiger partial charge >= 0.3 is 0 Å². The third kappa shape index (κ3) is 1.73. The van der Waals surface area contributed by atoms with Crippen LogP contribution < -0.4 is 0 Å². The maximum absolute atomic E-state index is 11.8. The lowest BCUT2D eigenvalue weighted by Crippen LogP contribution is -2.21. The summed E-state index contributed by atoms with van der Waals surface area (Å²) in [7, 11) is 1.68. The quantitative estimate of drug-likeness (QED) is 0.859. The van der Waals surface area contributed by atoms with E-state index in [1.807, 2.05) is 25.1 Å². The molecular weight excluding hydrogens is 270 g/mol. The molecule has 0 radical (unpaired) electrons. The molecule has 16 heavy (non-hydrogen) atoms. The van der Waals surface area contributed by atoms with Crippen molar-refractivity contribution in [2.75, 3.05) is 13.6 Å². The van der Waals surface area contributed by atoms with Crippen molar-refractivity contribution < 1.29 is 9.90 Å². The van der Waals surface area contributed by atoms with E-state index in [4.69, 9.17) is 0 Å². The highest BCUT2D eigenvalue weighted by molar-refractivity contribution is 9.10. The van der Waals surface area contributed by atoms with E-state index >= 15 is 0 Å². The van der Waals surface area contributed by atoms with Crippen LogP contribution in [0.2, 0.25) is 0 Å². The van der Waals surface area contributed by atoms with E-state index in [-0.39, 0.29) is 11.7 Å². The van der Waals surface area contributed by atoms with Crippen molar-refractivity contribution in [3.8, 4) is 0 Å². The number of amides is 1. The van der Waals surface area contributed by atoms with Crippen molar-refractivity contribution in [3.63, 3.8) is 0 Å². The first kappa shape index (κ1) is 11.2. The molecule has 1 aliphatic rings. The summed E-state index contributed by atoms with van der Waals surface area (Å²) in [5, 5.41) is 9.75. The van der Waals surface area contributed by atoms with Crippen LogP contribution in [0.1, 0.15) is 11.1 Å². The van der Waals surface area contributed by atoms with Crippen molar-refractivity contribution in [2.45, 2.75) is 6.92 Å². The Morgan fingerprint density at radius 3 is 2.62 bits per heavy atom. The van der Waals surface area contributed by atoms with Crippen LogP contribution >= 0.6 is 15.9 Å². The SMILES string of the molecule is Cc1cc(C2=C(O)CN(C)C2=O)ccc1Br. The van der Waals surface area contributed by atoms with Crippen molar-refractivity contribution in [2.24, 2.45) is 0 Å². The summed E-state index contributed by atoms with van der Waals surface area (Å²) in [5.74, 6) is 0.0217. The topological polar surface area (TPSA) is 40.5 Å². The Hall–Kier alpha value is -1.29. The molecule has 0 unspecified atom stereocenters. The van der Waals surface area contributed by atoms with Crippen LogP contribution in [0.3, 0.4) is 0 Å². The summed E-state index contributed by atoms with van der Waals surface area (Å²) < 4.78 is 0.996. The molecule has 1 heterocycles. The van der Waals surface area contributed by atoms with Gasteiger partial charge in [-0.25, -0.2) is 0 Å². The summed E-state index contributed by atoms with van der Waals surface area (Å²) >= 11 is 3.41. The Kier molecular flexibility index (Phi) is 2.76. The van der Waals surface area contributed by atoms with E-state index in [9.17, 15) is 9.90 Å². The van der Waals surface area contributed by atoms with Gasteiger partial charge in [0.25, 0.3) is 5.91 Å². The van der Waals surface area contributed by atoms with E-state index in [2.05, 4.69) is 15.9 Å². The molecule has 1 aliphatic heterocycles. The molecule has 84 valence electrons. The van der Waals surface area contributed by atoms with Gasteiger partial charge in [0.2, 0.25) is 0 Å². The Morgan fingerprint density at radius 2 is 2.12 bits per heavy atom. The van der Waals surface area contributed by atoms with E-state index in [0.29, 0.717) is 12.1 Å². The van der Waals surface area contributed by atoms with Gasteiger partial charge in [-0.05, 0) is 30.2 Å². The molecule has 0 aromatic heterocycles. The Labute approximate surface area is 103 Å². The summed E-state index contributed by atoms with van der Waals surface area (Å²) in [5.41, 5.74) is 2.23. The molecule has 0 bridgehead atoms. The molecule has 4 heteroatoms. The zero-order chi connectivity index (χ0) is 11.9. The predicted molar refractivity (Wildman–Crippen MR) is 66.1 cm³/mol. The third-order valence-corrected chi connectivity index (χ3v) is 3.57. The van der Waals surface area contributed by atoms with Crippen LogP contribution in [0.25, 0.3) is 5.57 Å². The summed E-state index contributed by atoms with van der Waals surface area (Å²) in [6.07, 6.45) is 0. The Bertz CT molecular complexity index is 494. The number of nitrogens with zero attached hydrogens (tertiary/aromatic N) is 1. The van der Waals surface area contributed by atoms with E-state index < -0.39 is 0 Å². The number of aliphatic hydroxyl groups is 1. The second-order valence-electron chi connectivity index (χ2n) is 3.95. The van der Waals surface area contributed by atoms with Crippen LogP contribution in [0.15, 0.2) is 28.4 Å². The standard InChI is InChI=1S/C12H12BrNO2/c1-7-5-8(3-4-9(7)13)11-10(15)6-14(2)12(11)16/h3-5,15H,6H2,1-2H3. The minimum absolute atomic E-state index is 0.126. The second kappa shape index (κ2) is 3.94. The number of aliphatic hydroxyl groups excluding tert-OH is 1. The summed E-state index contributed by atoms with van der Waals surface area (Å²) in [4.78, 5) is 13.3. The zero-order valence-electron chi connectivity index (χ0n) is 9.12. The van der Waals surface area contributed by atoms with Gasteiger partial charge in [0.1, 0.15) is 5.76 Å². The number of carbonyl (C=O) groups is 1. The zero-order valence-corrected chi connectivity index (χ0v) is 10.7. The molecular formula is C12H12BrNO2. The number of likely N-dealkylation sites (N-methyl/N-ethyl adjacent to an activating group) is 1. The van der Waals surface area contributed by atoms with Crippen LogP contribution in [0, 0.1) is 6.92 Å². The minimum atomic E-state index is -0.126. The number of aryl methyl sites for hydroxylation is 1. The first-order valence-corrected chi connectivity index (χ1v) is 5.74. The van der Waals surface area contributed by atoms with Crippen LogP contribution in [-0.2, 0) is 4.79 Å². The molecule has 0 atom stereocenters. The van der Waals surface area contributed by atoms with Gasteiger partial charge < -0.3 is 10.0 Å². The monoisotopic (exact) mass is 281 g/mol. The van der Waals surface area contributed by atoms with Crippen molar-refractivity contribution in [1.82, 2.24) is 4.90 Å². The number of hydrogen-bond acceptors (Lipinski definition) is 2. The first-order valence-electron chi connectivity index (χ1n) is 4.95. The lowest BCUT2D eigenvalue weighted by molar-refractivity contribution is -0.122. The molecule has 0 fully saturated rings. The molecule has 0 saturated carbocycles. The van der Waals surface area contributed by atoms with Gasteiger partial charge in [0.15, 0.2) is 0 Å². The minimum Gasteiger partial charge on any atom is -0.510 e. The molecule has 0 spiro atoms. The van der Waals surface area contributed by atoms with Crippen molar-refractivity contribution in [3.05, 3.63) is 39.6 Å². The van der Waals surface area contributed by atoms with Crippen molar-refractivity contribution >= 4 is 27.4 Å². The molecule has 2 rings (SSSR count). The fraction of sp³-hybridized carbons (Fsp3) is 0.250. The highest BCUT2D eigenvalue weighted by atomic mass is 79.9. The van der Waals surface area contributed by atoms with Gasteiger partial charge in [-0.3, -0.25) is 4.79 Å². The van der Waals surface area contributed by atoms with Gasteiger partial charge in [-0.1, -0.05) is 22.0 Å². The highest BCUT2D eigenvalue weighted by Gasteiger charge is 2.28. The van der Waals surface area contributed by atoms with E-state index in [0.717, 1.165) is 15.6 Å². The Balaban J connectivity index is 2.49. The van der Waals surface area contributed by atoms with Crippen LogP contribution in [-0.4, -0.2) is 29.5 Å². The molecule has 1 N–H and O–H groups in total. The maximum Gasteiger partial charge on any atom is 0.258 e. The van der Waals surface area contributed by atoms with Gasteiger partial charge in [0.05, 0.1) is 12.1 Å². The van der Waals surface area contributed by atoms with Gasteiger partial charge in [0, 0.05) is 11.5 Å². The molecule has 1 amide bonds. The van der Waals surface area contributed by atoms with Crippen molar-refractivity contribution in [1.29, 1.82) is 0 Å². The van der Waals surface area contributed by atoms with Crippen LogP contribution in [0.4, 0.5) is 0 Å². The largest absolute Gasteiger partial charge is 0.510 e. The first-order chi connectivity index (χ1) is 7.50. The molecule has 0 aliphatic carbocycles. The number of hydrogen-bond donors (Lipinski definition) is 1. The average Bonchev–Trinajstić information content (AvgIpc) is 2.47.